The summed E-state index contributed by atoms with van der Waals surface area (Å²) >= 11 is 0. The van der Waals surface area contributed by atoms with Crippen LogP contribution in [0.4, 0.5) is 0 Å². The SMILES string of the molecule is [2H]C([2H])([2H])c1cccc(C([2H])([2H])[2H])c1-c1cccc2c1-[n+]1[c-]n(-c3cccc(Oc4ccc5c6ccccc6n(-c6cc(C(C)(C)C)ccn6)c5c4)c3)c3cccc(c31)-c1ccccc1-c1ccc(-c3ccc(C(C)(C)C)cc3)cc1-2. The zero-order chi connectivity index (χ0) is 56.3. The van der Waals surface area contributed by atoms with Crippen LogP contribution in [0.15, 0.2) is 206 Å². The molecule has 364 valence electrons. The molecule has 9 aromatic carbocycles. The van der Waals surface area contributed by atoms with Crippen LogP contribution in [0.25, 0.3) is 106 Å². The van der Waals surface area contributed by atoms with E-state index in [1.54, 1.807) is 0 Å². The van der Waals surface area contributed by atoms with Gasteiger partial charge in [0.05, 0.1) is 33.4 Å². The van der Waals surface area contributed by atoms with Crippen LogP contribution in [-0.2, 0) is 10.8 Å². The van der Waals surface area contributed by atoms with Crippen LogP contribution in [0.1, 0.15) is 72.0 Å². The smallest absolute Gasteiger partial charge is 0.269 e. The minimum absolute atomic E-state index is 0.0321. The summed E-state index contributed by atoms with van der Waals surface area (Å²) < 4.78 is 66.5. The molecule has 1 aliphatic rings. The van der Waals surface area contributed by atoms with E-state index in [9.17, 15) is 0 Å². The van der Waals surface area contributed by atoms with Crippen LogP contribution in [-0.4, -0.2) is 14.1 Å². The first-order chi connectivity index (χ1) is 38.7. The highest BCUT2D eigenvalue weighted by Gasteiger charge is 2.28. The number of imidazole rings is 1. The molecule has 5 nitrogen and oxygen atoms in total. The minimum Gasteiger partial charge on any atom is -0.458 e. The third-order valence-corrected chi connectivity index (χ3v) is 15.0. The Morgan fingerprint density at radius 2 is 1.11 bits per heavy atom. The Hall–Kier alpha value is -8.80. The van der Waals surface area contributed by atoms with Crippen LogP contribution in [0.2, 0.25) is 0 Å². The Balaban J connectivity index is 1.04. The third-order valence-electron chi connectivity index (χ3n) is 15.0. The summed E-state index contributed by atoms with van der Waals surface area (Å²) in [5.41, 5.74) is 15.3. The van der Waals surface area contributed by atoms with Gasteiger partial charge in [-0.15, -0.1) is 0 Å². The Morgan fingerprint density at radius 1 is 0.480 bits per heavy atom. The molecule has 0 fully saturated rings. The summed E-state index contributed by atoms with van der Waals surface area (Å²) in [6.45, 7) is 7.92. The van der Waals surface area contributed by atoms with Crippen LogP contribution >= 0.6 is 0 Å². The van der Waals surface area contributed by atoms with E-state index < -0.39 is 13.7 Å². The number of aromatic nitrogens is 4. The van der Waals surface area contributed by atoms with Gasteiger partial charge in [-0.2, -0.15) is 0 Å². The van der Waals surface area contributed by atoms with E-state index in [4.69, 9.17) is 17.9 Å². The molecular weight excluding hydrogens is 913 g/mol. The van der Waals surface area contributed by atoms with Crippen molar-refractivity contribution in [3.63, 3.8) is 0 Å². The normalized spacial score (nSPS) is 13.8. The van der Waals surface area contributed by atoms with Gasteiger partial charge in [0, 0.05) is 31.3 Å². The van der Waals surface area contributed by atoms with E-state index in [-0.39, 0.29) is 27.5 Å². The Morgan fingerprint density at radius 3 is 1.89 bits per heavy atom. The number of rotatable bonds is 6. The Labute approximate surface area is 448 Å². The topological polar surface area (TPSA) is 35.9 Å². The molecule has 1 aliphatic heterocycles. The second-order valence-electron chi connectivity index (χ2n) is 21.8. The largest absolute Gasteiger partial charge is 0.458 e. The lowest BCUT2D eigenvalue weighted by molar-refractivity contribution is -0.570. The van der Waals surface area contributed by atoms with Crippen LogP contribution in [0.3, 0.4) is 0 Å². The quantitative estimate of drug-likeness (QED) is 0.123. The zero-order valence-electron chi connectivity index (χ0n) is 48.8. The van der Waals surface area contributed by atoms with Gasteiger partial charge in [-0.05, 0) is 157 Å². The molecule has 0 saturated heterocycles. The predicted molar refractivity (Wildman–Crippen MR) is 310 cm³/mol. The molecule has 0 saturated carbocycles. The summed E-state index contributed by atoms with van der Waals surface area (Å²) in [6, 6.07) is 67.1. The van der Waals surface area contributed by atoms with E-state index in [1.165, 1.54) is 29.3 Å². The average Bonchev–Trinajstić information content (AvgIpc) is 3.80. The van der Waals surface area contributed by atoms with Gasteiger partial charge in [-0.25, -0.2) is 4.98 Å². The second-order valence-corrected chi connectivity index (χ2v) is 21.8. The number of hydrogen-bond acceptors (Lipinski definition) is 2. The van der Waals surface area contributed by atoms with Gasteiger partial charge in [-0.1, -0.05) is 181 Å². The van der Waals surface area contributed by atoms with Gasteiger partial charge < -0.3 is 4.74 Å². The van der Waals surface area contributed by atoms with Crippen LogP contribution in [0, 0.1) is 20.0 Å². The number of pyridine rings is 1. The van der Waals surface area contributed by atoms with Crippen molar-refractivity contribution >= 4 is 32.8 Å². The molecule has 0 radical (unpaired) electrons. The summed E-state index contributed by atoms with van der Waals surface area (Å²) in [5, 5.41) is 2.20. The molecule has 0 atom stereocenters. The fourth-order valence-corrected chi connectivity index (χ4v) is 11.2. The first kappa shape index (κ1) is 39.7. The van der Waals surface area contributed by atoms with Gasteiger partial charge in [0.1, 0.15) is 17.3 Å². The van der Waals surface area contributed by atoms with Crippen LogP contribution in [0.5, 0.6) is 11.5 Å². The van der Waals surface area contributed by atoms with Crippen molar-refractivity contribution < 1.29 is 17.5 Å². The van der Waals surface area contributed by atoms with Crippen molar-refractivity contribution in [1.29, 1.82) is 0 Å². The molecule has 0 bridgehead atoms. The number of aryl methyl sites for hydroxylation is 2. The van der Waals surface area contributed by atoms with Gasteiger partial charge in [0.2, 0.25) is 0 Å². The summed E-state index contributed by atoms with van der Waals surface area (Å²) in [6.07, 6.45) is 5.69. The van der Waals surface area contributed by atoms with Gasteiger partial charge >= 0.3 is 0 Å². The standard InChI is InChI=1S/C70H58N4O/c1-44-17-13-18-45(2)66(44)60-26-15-24-59-61-39-47(46-29-32-48(33-30-46)69(3,4)5)31-35-55(61)53-21-9-10-22-54(53)58-25-16-28-63-68(58)73(67(59)60)43-72(63)50-19-14-20-51(41-50)75-52-34-36-57-56-23-11-12-27-62(56)74(64(57)42-52)65-40-49(37-38-71-65)70(6,7)8/h9-42H,1-8H3/i1D3,2D3. The molecule has 0 N–H and O–H groups in total. The van der Waals surface area contributed by atoms with Crippen molar-refractivity contribution in [3.8, 4) is 84.3 Å². The summed E-state index contributed by atoms with van der Waals surface area (Å²) in [7, 11) is 0. The minimum atomic E-state index is -2.67. The van der Waals surface area contributed by atoms with E-state index in [2.05, 4.69) is 192 Å². The summed E-state index contributed by atoms with van der Waals surface area (Å²) in [4.78, 5) is 4.90. The molecule has 75 heavy (non-hydrogen) atoms. The lowest BCUT2D eigenvalue weighted by Crippen LogP contribution is -2.32. The van der Waals surface area contributed by atoms with Crippen molar-refractivity contribution in [2.75, 3.05) is 0 Å². The van der Waals surface area contributed by atoms with Crippen molar-refractivity contribution in [3.05, 3.63) is 235 Å². The Kier molecular flexibility index (Phi) is 9.22. The highest BCUT2D eigenvalue weighted by atomic mass is 16.5. The molecular formula is C70H58N4O. The van der Waals surface area contributed by atoms with Crippen molar-refractivity contribution in [1.82, 2.24) is 14.1 Å². The molecule has 0 spiro atoms. The highest BCUT2D eigenvalue weighted by molar-refractivity contribution is 6.09. The molecule has 0 amide bonds. The van der Waals surface area contributed by atoms with Crippen molar-refractivity contribution in [2.24, 2.45) is 0 Å². The molecule has 0 unspecified atom stereocenters. The third kappa shape index (κ3) is 7.76. The maximum absolute atomic E-state index is 8.91. The number of para-hydroxylation sites is 3. The lowest BCUT2D eigenvalue weighted by Gasteiger charge is -2.21. The number of hydrogen-bond donors (Lipinski definition) is 0. The average molecular weight is 977 g/mol. The fourth-order valence-electron chi connectivity index (χ4n) is 11.2. The predicted octanol–water partition coefficient (Wildman–Crippen LogP) is 17.9. The van der Waals surface area contributed by atoms with Crippen LogP contribution < -0.4 is 9.30 Å². The highest BCUT2D eigenvalue weighted by Crippen LogP contribution is 2.47. The molecule has 12 aromatic rings. The van der Waals surface area contributed by atoms with Gasteiger partial charge in [0.15, 0.2) is 0 Å². The maximum Gasteiger partial charge on any atom is 0.269 e. The molecule has 5 heteroatoms. The number of nitrogens with zero attached hydrogens (tertiary/aromatic N) is 4. The molecule has 3 aromatic heterocycles. The van der Waals surface area contributed by atoms with Gasteiger partial charge in [0.25, 0.3) is 6.33 Å². The van der Waals surface area contributed by atoms with E-state index in [0.717, 1.165) is 88.9 Å². The molecule has 4 heterocycles. The maximum atomic E-state index is 8.91. The van der Waals surface area contributed by atoms with Crippen molar-refractivity contribution in [2.45, 2.75) is 66.1 Å². The first-order valence-corrected chi connectivity index (χ1v) is 25.6. The van der Waals surface area contributed by atoms with Gasteiger partial charge in [-0.3, -0.25) is 13.7 Å². The van der Waals surface area contributed by atoms with E-state index in [1.807, 2.05) is 57.8 Å². The molecule has 13 rings (SSSR count). The Bertz CT molecular complexity index is 4460. The first-order valence-electron chi connectivity index (χ1n) is 28.6. The van der Waals surface area contributed by atoms with E-state index >= 15 is 0 Å². The summed E-state index contributed by atoms with van der Waals surface area (Å²) in [5.74, 6) is 2.07. The monoisotopic (exact) mass is 976 g/mol. The zero-order valence-corrected chi connectivity index (χ0v) is 42.8. The second kappa shape index (κ2) is 17.4. The molecule has 0 aliphatic carbocycles. The number of ether oxygens (including phenoxy) is 1. The number of fused-ring (bicyclic) bond motifs is 10. The van der Waals surface area contributed by atoms with E-state index in [0.29, 0.717) is 22.7 Å². The number of benzene rings is 9. The fraction of sp³-hybridized carbons (Fsp3) is 0.143. The lowest BCUT2D eigenvalue weighted by atomic mass is 9.84.